The van der Waals surface area contributed by atoms with Crippen molar-refractivity contribution in [1.82, 2.24) is 0 Å². The van der Waals surface area contributed by atoms with E-state index in [0.717, 1.165) is 61.6 Å². The van der Waals surface area contributed by atoms with Gasteiger partial charge in [-0.1, -0.05) is 185 Å². The Morgan fingerprint density at radius 2 is 0.574 bits per heavy atom. The Hall–Kier alpha value is -0.120. The molecule has 0 amide bonds. The van der Waals surface area contributed by atoms with Gasteiger partial charge in [0.05, 0.1) is 19.8 Å². The molecule has 0 bridgehead atoms. The second kappa shape index (κ2) is 31.8. The fourth-order valence-corrected chi connectivity index (χ4v) is 7.10. The van der Waals surface area contributed by atoms with Crippen molar-refractivity contribution in [3.05, 3.63) is 0 Å². The molecule has 0 aromatic heterocycles. The third kappa shape index (κ3) is 32.8. The summed E-state index contributed by atoms with van der Waals surface area (Å²) in [6, 6.07) is 0. The molecule has 284 valence electrons. The molecule has 0 saturated heterocycles. The lowest BCUT2D eigenvalue weighted by atomic mass is 9.91. The second-order valence-electron chi connectivity index (χ2n) is 17.8. The van der Waals surface area contributed by atoms with Gasteiger partial charge in [0.2, 0.25) is 0 Å². The average molecular weight is 667 g/mol. The van der Waals surface area contributed by atoms with Crippen molar-refractivity contribution in [2.75, 3.05) is 33.0 Å². The van der Waals surface area contributed by atoms with Gasteiger partial charge in [-0.05, 0) is 60.2 Å². The minimum absolute atomic E-state index is 0.0955. The first-order chi connectivity index (χ1) is 22.4. The van der Waals surface area contributed by atoms with Crippen molar-refractivity contribution in [3.63, 3.8) is 0 Å². The first kappa shape index (κ1) is 46.9. The number of ether oxygens (including phenoxy) is 2. The highest BCUT2D eigenvalue weighted by Gasteiger charge is 2.12. The highest BCUT2D eigenvalue weighted by Crippen LogP contribution is 2.24. The van der Waals surface area contributed by atoms with Crippen molar-refractivity contribution < 1.29 is 14.6 Å². The molecule has 47 heavy (non-hydrogen) atoms. The van der Waals surface area contributed by atoms with Crippen LogP contribution in [-0.2, 0) is 9.47 Å². The Morgan fingerprint density at radius 1 is 0.340 bits per heavy atom. The normalized spacial score (nSPS) is 16.8. The minimum Gasteiger partial charge on any atom is -0.396 e. The molecule has 0 fully saturated rings. The van der Waals surface area contributed by atoms with E-state index in [4.69, 9.17) is 9.47 Å². The van der Waals surface area contributed by atoms with E-state index in [2.05, 4.69) is 69.2 Å². The molecule has 6 atom stereocenters. The van der Waals surface area contributed by atoms with Crippen LogP contribution in [0.5, 0.6) is 0 Å². The van der Waals surface area contributed by atoms with E-state index in [1.807, 2.05) is 0 Å². The van der Waals surface area contributed by atoms with Gasteiger partial charge in [-0.15, -0.1) is 0 Å². The standard InChI is InChI=1S/C44H90O3/c1-36(2)17-11-19-38(5)21-13-23-40(7)25-15-27-42(9)29-31-46-34-44(33-45)35-47-32-30-43(10)28-16-26-41(8)24-14-22-39(6)20-12-18-37(3)4/h36-45H,11-35H2,1-10H3. The van der Waals surface area contributed by atoms with E-state index in [9.17, 15) is 5.11 Å². The molecule has 0 saturated carbocycles. The third-order valence-corrected chi connectivity index (χ3v) is 11.0. The summed E-state index contributed by atoms with van der Waals surface area (Å²) in [5.41, 5.74) is 0. The molecule has 3 nitrogen and oxygen atoms in total. The van der Waals surface area contributed by atoms with Gasteiger partial charge in [0.1, 0.15) is 0 Å². The zero-order valence-corrected chi connectivity index (χ0v) is 34.1. The molecule has 0 radical (unpaired) electrons. The smallest absolute Gasteiger partial charge is 0.0538 e. The van der Waals surface area contributed by atoms with E-state index in [-0.39, 0.29) is 12.5 Å². The van der Waals surface area contributed by atoms with Crippen molar-refractivity contribution >= 4 is 0 Å². The van der Waals surface area contributed by atoms with E-state index in [0.29, 0.717) is 25.0 Å². The lowest BCUT2D eigenvalue weighted by Crippen LogP contribution is -2.21. The summed E-state index contributed by atoms with van der Waals surface area (Å²) in [7, 11) is 0. The van der Waals surface area contributed by atoms with E-state index in [1.54, 1.807) is 0 Å². The van der Waals surface area contributed by atoms with Gasteiger partial charge < -0.3 is 14.6 Å². The van der Waals surface area contributed by atoms with Crippen molar-refractivity contribution in [2.24, 2.45) is 53.3 Å². The molecule has 0 aliphatic carbocycles. The summed E-state index contributed by atoms with van der Waals surface area (Å²) >= 11 is 0. The SMILES string of the molecule is CC(C)CCCC(C)CCCC(C)CCCC(C)CCOCC(CO)COCCC(C)CCCC(C)CCCC(C)CCCC(C)C. The Labute approximate surface area is 297 Å². The predicted molar refractivity (Wildman–Crippen MR) is 209 cm³/mol. The molecular formula is C44H90O3. The average Bonchev–Trinajstić information content (AvgIpc) is 2.99. The number of rotatable bonds is 35. The predicted octanol–water partition coefficient (Wildman–Crippen LogP) is 13.6. The number of hydrogen-bond acceptors (Lipinski definition) is 3. The minimum atomic E-state index is 0.0955. The lowest BCUT2D eigenvalue weighted by molar-refractivity contribution is 0.0102. The Kier molecular flexibility index (Phi) is 31.8. The first-order valence-corrected chi connectivity index (χ1v) is 21.2. The maximum atomic E-state index is 9.82. The molecule has 0 spiro atoms. The van der Waals surface area contributed by atoms with Gasteiger partial charge in [0.25, 0.3) is 0 Å². The van der Waals surface area contributed by atoms with Gasteiger partial charge in [-0.2, -0.15) is 0 Å². The maximum absolute atomic E-state index is 9.82. The van der Waals surface area contributed by atoms with Crippen molar-refractivity contribution in [2.45, 2.75) is 198 Å². The summed E-state index contributed by atoms with van der Waals surface area (Å²) in [5.74, 6) is 6.73. The monoisotopic (exact) mass is 667 g/mol. The maximum Gasteiger partial charge on any atom is 0.0538 e. The van der Waals surface area contributed by atoms with Gasteiger partial charge in [0.15, 0.2) is 0 Å². The molecule has 0 aromatic carbocycles. The fraction of sp³-hybridized carbons (Fsp3) is 1.00. The summed E-state index contributed by atoms with van der Waals surface area (Å²) in [6.45, 7) is 26.9. The summed E-state index contributed by atoms with van der Waals surface area (Å²) in [5, 5.41) is 9.82. The topological polar surface area (TPSA) is 38.7 Å². The molecule has 6 unspecified atom stereocenters. The van der Waals surface area contributed by atoms with Crippen LogP contribution in [0.15, 0.2) is 0 Å². The molecule has 0 aromatic rings. The Bertz CT molecular complexity index is 582. The molecule has 1 N–H and O–H groups in total. The highest BCUT2D eigenvalue weighted by molar-refractivity contribution is 4.63. The van der Waals surface area contributed by atoms with E-state index in [1.165, 1.54) is 116 Å². The number of aliphatic hydroxyl groups is 1. The van der Waals surface area contributed by atoms with Crippen LogP contribution in [0.4, 0.5) is 0 Å². The fourth-order valence-electron chi connectivity index (χ4n) is 7.10. The summed E-state index contributed by atoms with van der Waals surface area (Å²) in [4.78, 5) is 0. The molecule has 0 aliphatic rings. The molecular weight excluding hydrogens is 576 g/mol. The molecule has 3 heteroatoms. The first-order valence-electron chi connectivity index (χ1n) is 21.2. The number of aliphatic hydroxyl groups excluding tert-OH is 1. The third-order valence-electron chi connectivity index (χ3n) is 11.0. The van der Waals surface area contributed by atoms with Crippen LogP contribution in [-0.4, -0.2) is 38.1 Å². The Balaban J connectivity index is 3.75. The van der Waals surface area contributed by atoms with Gasteiger partial charge >= 0.3 is 0 Å². The molecule has 0 rings (SSSR count). The quantitative estimate of drug-likeness (QED) is 0.0684. The molecule has 0 aliphatic heterocycles. The zero-order valence-electron chi connectivity index (χ0n) is 34.1. The van der Waals surface area contributed by atoms with Crippen LogP contribution >= 0.6 is 0 Å². The largest absolute Gasteiger partial charge is 0.396 e. The Morgan fingerprint density at radius 3 is 0.809 bits per heavy atom. The van der Waals surface area contributed by atoms with Gasteiger partial charge in [0, 0.05) is 19.1 Å². The highest BCUT2D eigenvalue weighted by atomic mass is 16.5. The van der Waals surface area contributed by atoms with Crippen LogP contribution in [0.1, 0.15) is 198 Å². The van der Waals surface area contributed by atoms with Crippen LogP contribution in [0.2, 0.25) is 0 Å². The van der Waals surface area contributed by atoms with Crippen molar-refractivity contribution in [1.29, 1.82) is 0 Å². The van der Waals surface area contributed by atoms with E-state index < -0.39 is 0 Å². The van der Waals surface area contributed by atoms with Crippen LogP contribution in [0.3, 0.4) is 0 Å². The lowest BCUT2D eigenvalue weighted by Gasteiger charge is -2.18. The van der Waals surface area contributed by atoms with Gasteiger partial charge in [-0.3, -0.25) is 0 Å². The van der Waals surface area contributed by atoms with Crippen molar-refractivity contribution in [3.8, 4) is 0 Å². The molecule has 0 heterocycles. The van der Waals surface area contributed by atoms with Crippen LogP contribution in [0.25, 0.3) is 0 Å². The summed E-state index contributed by atoms with van der Waals surface area (Å²) in [6.07, 6.45) is 27.1. The zero-order chi connectivity index (χ0) is 35.3. The second-order valence-corrected chi connectivity index (χ2v) is 17.8. The number of hydrogen-bond donors (Lipinski definition) is 1. The van der Waals surface area contributed by atoms with E-state index >= 15 is 0 Å². The van der Waals surface area contributed by atoms with Crippen LogP contribution < -0.4 is 0 Å². The van der Waals surface area contributed by atoms with Crippen LogP contribution in [0, 0.1) is 53.3 Å². The van der Waals surface area contributed by atoms with Gasteiger partial charge in [-0.25, -0.2) is 0 Å². The summed E-state index contributed by atoms with van der Waals surface area (Å²) < 4.78 is 12.0.